The molecule has 0 spiro atoms. The van der Waals surface area contributed by atoms with Gasteiger partial charge >= 0.3 is 0 Å². The lowest BCUT2D eigenvalue weighted by atomic mass is 10.1. The van der Waals surface area contributed by atoms with E-state index < -0.39 is 10.0 Å². The van der Waals surface area contributed by atoms with Crippen LogP contribution in [-0.2, 0) is 23.1 Å². The minimum absolute atomic E-state index is 0.307. The van der Waals surface area contributed by atoms with Gasteiger partial charge in [-0.1, -0.05) is 18.2 Å². The predicted molar refractivity (Wildman–Crippen MR) is 79.0 cm³/mol. The van der Waals surface area contributed by atoms with Gasteiger partial charge in [-0.05, 0) is 47.9 Å². The van der Waals surface area contributed by atoms with Crippen molar-refractivity contribution in [2.24, 2.45) is 0 Å². The first-order chi connectivity index (χ1) is 9.54. The maximum Gasteiger partial charge on any atom is 0.261 e. The van der Waals surface area contributed by atoms with Gasteiger partial charge in [0.05, 0.1) is 4.90 Å². The van der Waals surface area contributed by atoms with E-state index in [9.17, 15) is 8.42 Å². The summed E-state index contributed by atoms with van der Waals surface area (Å²) in [6.45, 7) is 3.46. The van der Waals surface area contributed by atoms with Crippen molar-refractivity contribution in [3.63, 3.8) is 0 Å². The molecule has 4 nitrogen and oxygen atoms in total. The minimum Gasteiger partial charge on any atom is -0.309 e. The van der Waals surface area contributed by atoms with Gasteiger partial charge in [0.2, 0.25) is 0 Å². The highest BCUT2D eigenvalue weighted by atomic mass is 32.2. The van der Waals surface area contributed by atoms with E-state index in [0.717, 1.165) is 24.2 Å². The Hall–Kier alpha value is -1.85. The first-order valence-corrected chi connectivity index (χ1v) is 7.95. The van der Waals surface area contributed by atoms with Crippen LogP contribution >= 0.6 is 0 Å². The zero-order valence-electron chi connectivity index (χ0n) is 11.2. The van der Waals surface area contributed by atoms with Gasteiger partial charge in [0, 0.05) is 18.8 Å². The fourth-order valence-electron chi connectivity index (χ4n) is 2.36. The summed E-state index contributed by atoms with van der Waals surface area (Å²) in [6.07, 6.45) is 0. The minimum atomic E-state index is -3.53. The van der Waals surface area contributed by atoms with Gasteiger partial charge in [-0.15, -0.1) is 0 Å². The van der Waals surface area contributed by atoms with E-state index in [1.54, 1.807) is 18.2 Å². The zero-order valence-corrected chi connectivity index (χ0v) is 12.0. The van der Waals surface area contributed by atoms with Gasteiger partial charge in [-0.2, -0.15) is 0 Å². The summed E-state index contributed by atoms with van der Waals surface area (Å²) in [6, 6.07) is 12.6. The summed E-state index contributed by atoms with van der Waals surface area (Å²) in [4.78, 5) is 0.307. The van der Waals surface area contributed by atoms with E-state index in [-0.39, 0.29) is 0 Å². The number of rotatable bonds is 3. The average molecular weight is 288 g/mol. The molecular weight excluding hydrogens is 272 g/mol. The molecule has 2 N–H and O–H groups in total. The molecule has 1 heterocycles. The molecule has 0 radical (unpaired) electrons. The number of anilines is 1. The molecule has 2 aromatic rings. The molecule has 0 unspecified atom stereocenters. The Morgan fingerprint density at radius 2 is 1.85 bits per heavy atom. The highest BCUT2D eigenvalue weighted by Crippen LogP contribution is 2.22. The highest BCUT2D eigenvalue weighted by Gasteiger charge is 2.18. The predicted octanol–water partition coefficient (Wildman–Crippen LogP) is 2.40. The van der Waals surface area contributed by atoms with Crippen molar-refractivity contribution < 1.29 is 8.42 Å². The molecular formula is C15H16N2O2S. The van der Waals surface area contributed by atoms with Gasteiger partial charge in [0.1, 0.15) is 0 Å². The van der Waals surface area contributed by atoms with E-state index in [2.05, 4.69) is 10.0 Å². The lowest BCUT2D eigenvalue weighted by Gasteiger charge is -2.09. The van der Waals surface area contributed by atoms with Crippen LogP contribution in [-0.4, -0.2) is 8.42 Å². The second kappa shape index (κ2) is 4.92. The maximum absolute atomic E-state index is 12.4. The Balaban J connectivity index is 1.92. The standard InChI is InChI=1S/C15H16N2O2S/c1-11-3-2-4-14(7-11)17-20(18,19)15-6-5-12-9-16-10-13(12)8-15/h2-8,16-17H,9-10H2,1H3. The van der Waals surface area contributed by atoms with Crippen molar-refractivity contribution in [3.8, 4) is 0 Å². The summed E-state index contributed by atoms with van der Waals surface area (Å²) in [5.41, 5.74) is 3.82. The Kier molecular flexibility index (Phi) is 3.23. The number of fused-ring (bicyclic) bond motifs is 1. The van der Waals surface area contributed by atoms with Crippen molar-refractivity contribution in [3.05, 3.63) is 59.2 Å². The molecule has 0 amide bonds. The quantitative estimate of drug-likeness (QED) is 0.912. The number of sulfonamides is 1. The molecule has 0 aliphatic carbocycles. The van der Waals surface area contributed by atoms with Crippen molar-refractivity contribution in [2.45, 2.75) is 24.9 Å². The number of aryl methyl sites for hydroxylation is 1. The summed E-state index contributed by atoms with van der Waals surface area (Å²) in [5.74, 6) is 0. The Labute approximate surface area is 118 Å². The van der Waals surface area contributed by atoms with Crippen LogP contribution < -0.4 is 10.0 Å². The molecule has 0 atom stereocenters. The number of hydrogen-bond acceptors (Lipinski definition) is 3. The Morgan fingerprint density at radius 1 is 1.05 bits per heavy atom. The zero-order chi connectivity index (χ0) is 14.2. The van der Waals surface area contributed by atoms with Crippen molar-refractivity contribution in [1.29, 1.82) is 0 Å². The van der Waals surface area contributed by atoms with Gasteiger partial charge in [0.25, 0.3) is 10.0 Å². The largest absolute Gasteiger partial charge is 0.309 e. The first-order valence-electron chi connectivity index (χ1n) is 6.47. The second-order valence-corrected chi connectivity index (χ2v) is 6.69. The molecule has 2 aromatic carbocycles. The molecule has 104 valence electrons. The molecule has 0 bridgehead atoms. The van der Waals surface area contributed by atoms with Crippen LogP contribution in [0.25, 0.3) is 0 Å². The molecule has 20 heavy (non-hydrogen) atoms. The van der Waals surface area contributed by atoms with Gasteiger partial charge in [-0.25, -0.2) is 8.42 Å². The van der Waals surface area contributed by atoms with E-state index in [0.29, 0.717) is 10.6 Å². The molecule has 1 aliphatic heterocycles. The molecule has 1 aliphatic rings. The van der Waals surface area contributed by atoms with Crippen molar-refractivity contribution >= 4 is 15.7 Å². The van der Waals surface area contributed by atoms with Crippen LogP contribution in [0.15, 0.2) is 47.4 Å². The van der Waals surface area contributed by atoms with Crippen LogP contribution in [0.5, 0.6) is 0 Å². The first kappa shape index (κ1) is 13.1. The van der Waals surface area contributed by atoms with Crippen molar-refractivity contribution in [2.75, 3.05) is 4.72 Å². The molecule has 3 rings (SSSR count). The third kappa shape index (κ3) is 2.55. The summed E-state index contributed by atoms with van der Waals surface area (Å²) < 4.78 is 27.4. The fourth-order valence-corrected chi connectivity index (χ4v) is 3.46. The topological polar surface area (TPSA) is 58.2 Å². The van der Waals surface area contributed by atoms with Crippen LogP contribution in [0.1, 0.15) is 16.7 Å². The van der Waals surface area contributed by atoms with Crippen LogP contribution in [0.2, 0.25) is 0 Å². The summed E-state index contributed by atoms with van der Waals surface area (Å²) in [7, 11) is -3.53. The van der Waals surface area contributed by atoms with E-state index in [1.165, 1.54) is 5.56 Å². The maximum atomic E-state index is 12.4. The van der Waals surface area contributed by atoms with Crippen molar-refractivity contribution in [1.82, 2.24) is 5.32 Å². The average Bonchev–Trinajstić information content (AvgIpc) is 2.85. The number of benzene rings is 2. The number of nitrogens with one attached hydrogen (secondary N) is 2. The highest BCUT2D eigenvalue weighted by molar-refractivity contribution is 7.92. The van der Waals surface area contributed by atoms with Gasteiger partial charge < -0.3 is 5.32 Å². The Morgan fingerprint density at radius 3 is 2.65 bits per heavy atom. The van der Waals surface area contributed by atoms with Gasteiger partial charge in [0.15, 0.2) is 0 Å². The molecule has 0 saturated heterocycles. The van der Waals surface area contributed by atoms with E-state index >= 15 is 0 Å². The number of hydrogen-bond donors (Lipinski definition) is 2. The summed E-state index contributed by atoms with van der Waals surface area (Å²) >= 11 is 0. The van der Waals surface area contributed by atoms with Crippen LogP contribution in [0, 0.1) is 6.92 Å². The SMILES string of the molecule is Cc1cccc(NS(=O)(=O)c2ccc3c(c2)CNC3)c1. The fraction of sp³-hybridized carbons (Fsp3) is 0.200. The normalized spacial score (nSPS) is 14.1. The molecule has 0 saturated carbocycles. The molecule has 5 heteroatoms. The molecule has 0 fully saturated rings. The lowest BCUT2D eigenvalue weighted by Crippen LogP contribution is -2.13. The lowest BCUT2D eigenvalue weighted by molar-refractivity contribution is 0.601. The van der Waals surface area contributed by atoms with E-state index in [1.807, 2.05) is 31.2 Å². The van der Waals surface area contributed by atoms with Crippen LogP contribution in [0.4, 0.5) is 5.69 Å². The summed E-state index contributed by atoms with van der Waals surface area (Å²) in [5, 5.41) is 3.21. The van der Waals surface area contributed by atoms with E-state index in [4.69, 9.17) is 0 Å². The Bertz CT molecular complexity index is 754. The van der Waals surface area contributed by atoms with Gasteiger partial charge in [-0.3, -0.25) is 4.72 Å². The smallest absolute Gasteiger partial charge is 0.261 e. The van der Waals surface area contributed by atoms with Crippen LogP contribution in [0.3, 0.4) is 0 Å². The monoisotopic (exact) mass is 288 g/mol. The second-order valence-electron chi connectivity index (χ2n) is 5.01. The third-order valence-electron chi connectivity index (χ3n) is 3.39. The molecule has 0 aromatic heterocycles. The third-order valence-corrected chi connectivity index (χ3v) is 4.77.